The van der Waals surface area contributed by atoms with E-state index >= 15 is 0 Å². The zero-order chi connectivity index (χ0) is 5.70. The van der Waals surface area contributed by atoms with Crippen molar-refractivity contribution in [2.24, 2.45) is 0 Å². The van der Waals surface area contributed by atoms with Crippen LogP contribution in [0.25, 0.3) is 0 Å². The lowest BCUT2D eigenvalue weighted by molar-refractivity contribution is 0.853. The molecule has 0 unspecified atom stereocenters. The molecule has 0 spiro atoms. The van der Waals surface area contributed by atoms with Crippen LogP contribution in [0, 0.1) is 0 Å². The van der Waals surface area contributed by atoms with Crippen LogP contribution in [-0.4, -0.2) is 16.1 Å². The van der Waals surface area contributed by atoms with Gasteiger partial charge in [-0.05, 0) is 12.2 Å². The Hall–Kier alpha value is 0.660. The number of hydrogen-bond donors (Lipinski definition) is 0. The predicted octanol–water partition coefficient (Wildman–Crippen LogP) is 2.21. The molecule has 0 aliphatic rings. The summed E-state index contributed by atoms with van der Waals surface area (Å²) >= 11 is 10.3. The van der Waals surface area contributed by atoms with Gasteiger partial charge in [-0.2, -0.15) is 4.39 Å². The van der Waals surface area contributed by atoms with Gasteiger partial charge in [-0.15, -0.1) is 11.6 Å². The van der Waals surface area contributed by atoms with E-state index in [-0.39, 0.29) is 0 Å². The summed E-state index contributed by atoms with van der Waals surface area (Å²) in [5, 5.41) is 0. The largest absolute Gasteiger partial charge is 0.220 e. The minimum absolute atomic E-state index is 0.453. The van der Waals surface area contributed by atoms with E-state index in [9.17, 15) is 4.39 Å². The first kappa shape index (κ1) is 7.66. The van der Waals surface area contributed by atoms with E-state index in [1.165, 1.54) is 0 Å². The third-order valence-corrected chi connectivity index (χ3v) is 1.69. The highest BCUT2D eigenvalue weighted by atomic mass is 35.5. The maximum Gasteiger partial charge on any atom is 0.220 e. The molecular weight excluding hydrogens is 155 g/mol. The molecule has 0 N–H and O–H groups in total. The third kappa shape index (κ3) is 6.66. The van der Waals surface area contributed by atoms with Crippen LogP contribution in [0.15, 0.2) is 0 Å². The van der Waals surface area contributed by atoms with Crippen molar-refractivity contribution >= 4 is 40.0 Å². The number of hydrogen-bond acceptors (Lipinski definition) is 2. The molecule has 0 amide bonds. The number of thiocarbonyl (C=S) groups is 1. The summed E-state index contributed by atoms with van der Waals surface area (Å²) < 4.78 is 11.0. The highest BCUT2D eigenvalue weighted by Gasteiger charge is 1.89. The molecule has 0 radical (unpaired) electrons. The smallest absolute Gasteiger partial charge is 0.186 e. The fraction of sp³-hybridized carbons (Fsp3) is 0.667. The molecule has 0 nitrogen and oxygen atoms in total. The van der Waals surface area contributed by atoms with E-state index in [2.05, 4.69) is 12.2 Å². The third-order valence-electron chi connectivity index (χ3n) is 0.293. The molecule has 0 heterocycles. The van der Waals surface area contributed by atoms with Gasteiger partial charge in [0.2, 0.25) is 4.45 Å². The van der Waals surface area contributed by atoms with Gasteiger partial charge in [0.25, 0.3) is 0 Å². The second-order valence-electron chi connectivity index (χ2n) is 0.775. The predicted molar refractivity (Wildman–Crippen MR) is 36.9 cm³/mol. The minimum atomic E-state index is -0.527. The van der Waals surface area contributed by atoms with E-state index in [1.54, 1.807) is 0 Å². The summed E-state index contributed by atoms with van der Waals surface area (Å²) in [5.74, 6) is 1.02. The van der Waals surface area contributed by atoms with Gasteiger partial charge in [0.15, 0.2) is 0 Å². The van der Waals surface area contributed by atoms with Gasteiger partial charge in [0.05, 0.1) is 0 Å². The van der Waals surface area contributed by atoms with Gasteiger partial charge >= 0.3 is 0 Å². The summed E-state index contributed by atoms with van der Waals surface area (Å²) in [6.45, 7) is 0. The lowest BCUT2D eigenvalue weighted by atomic mass is 11.0. The highest BCUT2D eigenvalue weighted by Crippen LogP contribution is 2.04. The standard InChI is InChI=1S/C3H4ClFS2/c4-1-2-7-3(5)6/h1-2H2. The topological polar surface area (TPSA) is 0 Å². The number of rotatable bonds is 2. The molecule has 0 aliphatic carbocycles. The number of alkyl halides is 1. The fourth-order valence-electron chi connectivity index (χ4n) is 0.119. The molecule has 0 aromatic heterocycles. The summed E-state index contributed by atoms with van der Waals surface area (Å²) in [6, 6.07) is 0. The Kier molecular flexibility index (Phi) is 5.26. The van der Waals surface area contributed by atoms with Crippen LogP contribution in [0.2, 0.25) is 0 Å². The maximum atomic E-state index is 11.5. The van der Waals surface area contributed by atoms with Crippen molar-refractivity contribution in [1.29, 1.82) is 0 Å². The Morgan fingerprint density at radius 2 is 2.43 bits per heavy atom. The average molecular weight is 159 g/mol. The van der Waals surface area contributed by atoms with Gasteiger partial charge in [0, 0.05) is 11.6 Å². The quantitative estimate of drug-likeness (QED) is 0.344. The van der Waals surface area contributed by atoms with Crippen molar-refractivity contribution in [3.8, 4) is 0 Å². The molecule has 7 heavy (non-hydrogen) atoms. The normalized spacial score (nSPS) is 8.86. The molecule has 0 aliphatic heterocycles. The van der Waals surface area contributed by atoms with Crippen LogP contribution in [0.3, 0.4) is 0 Å². The summed E-state index contributed by atoms with van der Waals surface area (Å²) in [7, 11) is 0. The SMILES string of the molecule is FC(=S)SCCCl. The Bertz CT molecular complexity index is 66.0. The molecular formula is C3H4ClFS2. The minimum Gasteiger partial charge on any atom is -0.186 e. The molecule has 0 bridgehead atoms. The van der Waals surface area contributed by atoms with Gasteiger partial charge in [-0.1, -0.05) is 11.8 Å². The van der Waals surface area contributed by atoms with Gasteiger partial charge in [0.1, 0.15) is 0 Å². The molecule has 0 saturated carbocycles. The zero-order valence-electron chi connectivity index (χ0n) is 3.49. The van der Waals surface area contributed by atoms with E-state index < -0.39 is 4.45 Å². The molecule has 42 valence electrons. The Balaban J connectivity index is 2.82. The fourth-order valence-corrected chi connectivity index (χ4v) is 0.838. The molecule has 0 saturated heterocycles. The van der Waals surface area contributed by atoms with Crippen molar-refractivity contribution in [2.75, 3.05) is 11.6 Å². The zero-order valence-corrected chi connectivity index (χ0v) is 5.88. The number of thioether (sulfide) groups is 1. The molecule has 0 fully saturated rings. The number of halogens is 2. The van der Waals surface area contributed by atoms with Crippen molar-refractivity contribution in [3.05, 3.63) is 0 Å². The monoisotopic (exact) mass is 158 g/mol. The Morgan fingerprint density at radius 1 is 1.86 bits per heavy atom. The highest BCUT2D eigenvalue weighted by molar-refractivity contribution is 8.22. The molecule has 0 rings (SSSR count). The Morgan fingerprint density at radius 3 is 2.57 bits per heavy atom. The summed E-state index contributed by atoms with van der Waals surface area (Å²) in [4.78, 5) is 0. The maximum absolute atomic E-state index is 11.5. The summed E-state index contributed by atoms with van der Waals surface area (Å²) in [5.41, 5.74) is 0. The van der Waals surface area contributed by atoms with Crippen LogP contribution in [-0.2, 0) is 0 Å². The second-order valence-corrected chi connectivity index (χ2v) is 2.83. The Labute approximate surface area is 56.4 Å². The van der Waals surface area contributed by atoms with Crippen LogP contribution < -0.4 is 0 Å². The first-order valence-corrected chi connectivity index (χ1v) is 3.58. The van der Waals surface area contributed by atoms with Gasteiger partial charge in [-0.25, -0.2) is 0 Å². The van der Waals surface area contributed by atoms with E-state index in [0.717, 1.165) is 11.8 Å². The van der Waals surface area contributed by atoms with Crippen LogP contribution in [0.1, 0.15) is 0 Å². The van der Waals surface area contributed by atoms with Crippen LogP contribution >= 0.6 is 35.6 Å². The molecule has 0 atom stereocenters. The average Bonchev–Trinajstić information content (AvgIpc) is 1.61. The lowest BCUT2D eigenvalue weighted by Crippen LogP contribution is -1.80. The van der Waals surface area contributed by atoms with Crippen LogP contribution in [0.4, 0.5) is 4.39 Å². The van der Waals surface area contributed by atoms with E-state index in [0.29, 0.717) is 11.6 Å². The molecule has 0 aromatic carbocycles. The van der Waals surface area contributed by atoms with Crippen molar-refractivity contribution in [3.63, 3.8) is 0 Å². The molecule has 0 aromatic rings. The van der Waals surface area contributed by atoms with Gasteiger partial charge in [-0.3, -0.25) is 0 Å². The first-order chi connectivity index (χ1) is 3.27. The van der Waals surface area contributed by atoms with Crippen LogP contribution in [0.5, 0.6) is 0 Å². The first-order valence-electron chi connectivity index (χ1n) is 1.65. The van der Waals surface area contributed by atoms with E-state index in [4.69, 9.17) is 11.6 Å². The van der Waals surface area contributed by atoms with Crippen molar-refractivity contribution in [2.45, 2.75) is 0 Å². The summed E-state index contributed by atoms with van der Waals surface area (Å²) in [6.07, 6.45) is 0. The van der Waals surface area contributed by atoms with Crippen molar-refractivity contribution in [1.82, 2.24) is 0 Å². The second kappa shape index (κ2) is 4.81. The van der Waals surface area contributed by atoms with Crippen molar-refractivity contribution < 1.29 is 4.39 Å². The lowest BCUT2D eigenvalue weighted by Gasteiger charge is -1.84. The van der Waals surface area contributed by atoms with E-state index in [1.807, 2.05) is 0 Å². The van der Waals surface area contributed by atoms with Gasteiger partial charge < -0.3 is 0 Å². The molecule has 4 heteroatoms.